The number of likely N-dealkylation sites (N-methyl/N-ethyl adjacent to an activating group) is 2. The van der Waals surface area contributed by atoms with E-state index in [9.17, 15) is 14.4 Å². The molecule has 4 aromatic carbocycles. The molecule has 1 unspecified atom stereocenters. The Hall–Kier alpha value is -6.97. The number of methoxy groups -OCH3 is 2. The second-order valence-electron chi connectivity index (χ2n) is 16.8. The van der Waals surface area contributed by atoms with Crippen LogP contribution in [0.3, 0.4) is 0 Å². The summed E-state index contributed by atoms with van der Waals surface area (Å²) in [5.74, 6) is 1.34. The average molecular weight is 879 g/mol. The van der Waals surface area contributed by atoms with Crippen molar-refractivity contribution in [1.29, 1.82) is 0 Å². The largest absolute Gasteiger partial charge is 0.493 e. The van der Waals surface area contributed by atoms with E-state index in [0.717, 1.165) is 48.5 Å². The summed E-state index contributed by atoms with van der Waals surface area (Å²) in [7, 11) is 6.99. The number of amides is 3. The monoisotopic (exact) mass is 878 g/mol. The summed E-state index contributed by atoms with van der Waals surface area (Å²) in [4.78, 5) is 57.9. The highest BCUT2D eigenvalue weighted by molar-refractivity contribution is 6.06. The molecule has 1 saturated heterocycles. The van der Waals surface area contributed by atoms with E-state index in [-0.39, 0.29) is 35.8 Å². The number of ether oxygens (including phenoxy) is 4. The fraction of sp³-hybridized carbons (Fsp3) is 0.340. The third kappa shape index (κ3) is 8.93. The van der Waals surface area contributed by atoms with E-state index in [1.54, 1.807) is 61.4 Å². The molecule has 0 spiro atoms. The van der Waals surface area contributed by atoms with Gasteiger partial charge >= 0.3 is 0 Å². The number of benzene rings is 4. The van der Waals surface area contributed by atoms with E-state index in [1.165, 1.54) is 12.8 Å². The highest BCUT2D eigenvalue weighted by Gasteiger charge is 2.35. The van der Waals surface area contributed by atoms with E-state index < -0.39 is 0 Å². The van der Waals surface area contributed by atoms with Crippen LogP contribution in [-0.4, -0.2) is 131 Å². The Morgan fingerprint density at radius 3 is 1.68 bits per heavy atom. The second-order valence-corrected chi connectivity index (χ2v) is 16.8. The Balaban J connectivity index is 0.806. The van der Waals surface area contributed by atoms with Gasteiger partial charge < -0.3 is 49.2 Å². The van der Waals surface area contributed by atoms with Crippen LogP contribution in [0.5, 0.6) is 23.0 Å². The van der Waals surface area contributed by atoms with Gasteiger partial charge in [-0.3, -0.25) is 24.4 Å². The number of rotatable bonds is 14. The molecule has 65 heavy (non-hydrogen) atoms. The predicted octanol–water partition coefficient (Wildman–Crippen LogP) is 6.79. The van der Waals surface area contributed by atoms with Gasteiger partial charge in [0.1, 0.15) is 0 Å². The Kier molecular flexibility index (Phi) is 12.4. The summed E-state index contributed by atoms with van der Waals surface area (Å²) >= 11 is 0. The van der Waals surface area contributed by atoms with Gasteiger partial charge in [0, 0.05) is 93.8 Å². The zero-order valence-corrected chi connectivity index (χ0v) is 37.4. The minimum absolute atomic E-state index is 0.118. The number of nitrogens with one attached hydrogen (secondary N) is 2. The molecule has 0 radical (unpaired) electrons. The molecule has 1 fully saturated rings. The van der Waals surface area contributed by atoms with Crippen LogP contribution in [0.2, 0.25) is 0 Å². The third-order valence-corrected chi connectivity index (χ3v) is 12.7. The van der Waals surface area contributed by atoms with E-state index in [4.69, 9.17) is 28.9 Å². The van der Waals surface area contributed by atoms with E-state index >= 15 is 0 Å². The van der Waals surface area contributed by atoms with Crippen molar-refractivity contribution in [3.05, 3.63) is 107 Å². The van der Waals surface area contributed by atoms with Crippen LogP contribution in [-0.2, 0) is 4.79 Å². The molecule has 3 atom stereocenters. The zero-order chi connectivity index (χ0) is 45.2. The topological polar surface area (TPSA) is 150 Å². The number of anilines is 2. The number of hydrogen-bond donors (Lipinski definition) is 2. The maximum atomic E-state index is 14.0. The first kappa shape index (κ1) is 43.3. The lowest BCUT2D eigenvalue weighted by molar-refractivity contribution is -0.117. The zero-order valence-electron chi connectivity index (χ0n) is 37.4. The van der Waals surface area contributed by atoms with Gasteiger partial charge in [0.15, 0.2) is 23.0 Å². The molecule has 4 aromatic rings. The van der Waals surface area contributed by atoms with Gasteiger partial charge in [0.05, 0.1) is 68.1 Å². The number of carbonyl (C=O) groups is 3. The number of carbonyl (C=O) groups excluding carboxylic acids is 3. The fourth-order valence-corrected chi connectivity index (χ4v) is 8.67. The lowest BCUT2D eigenvalue weighted by Crippen LogP contribution is -2.44. The van der Waals surface area contributed by atoms with Gasteiger partial charge in [-0.25, -0.2) is 0 Å². The first-order chi connectivity index (χ1) is 31.6. The SMILES string of the molecule is CN[C@@H](C)C(=O)Nc1ccc(C2=CN3C(=O)c4cc(OC)c(OCCCOc5cc6c(cc5OC)C(=O)N5C=C(c7ccc(N8CCN(C)CC8)cc7)CC5C=N6)cc4N=C[C@@H]3C2)cc1. The maximum absolute atomic E-state index is 14.0. The van der Waals surface area contributed by atoms with Crippen molar-refractivity contribution in [2.24, 2.45) is 9.98 Å². The van der Waals surface area contributed by atoms with Gasteiger partial charge in [-0.2, -0.15) is 0 Å². The lowest BCUT2D eigenvalue weighted by Gasteiger charge is -2.34. The Morgan fingerprint density at radius 2 is 1.20 bits per heavy atom. The molecule has 0 bridgehead atoms. The smallest absolute Gasteiger partial charge is 0.260 e. The van der Waals surface area contributed by atoms with Crippen LogP contribution in [0.1, 0.15) is 58.0 Å². The summed E-state index contributed by atoms with van der Waals surface area (Å²) in [5.41, 5.74) is 7.93. The Bertz CT molecular complexity index is 2600. The Labute approximate surface area is 379 Å². The molecule has 5 heterocycles. The van der Waals surface area contributed by atoms with Crippen LogP contribution in [0.15, 0.2) is 95.2 Å². The van der Waals surface area contributed by atoms with Crippen LogP contribution in [0.25, 0.3) is 11.1 Å². The molecule has 15 heteroatoms. The third-order valence-electron chi connectivity index (χ3n) is 12.7. The van der Waals surface area contributed by atoms with E-state index in [0.29, 0.717) is 83.7 Å². The van der Waals surface area contributed by atoms with E-state index in [2.05, 4.69) is 51.7 Å². The van der Waals surface area contributed by atoms with E-state index in [1.807, 2.05) is 42.9 Å². The number of hydrogen-bond acceptors (Lipinski definition) is 12. The van der Waals surface area contributed by atoms with Crippen molar-refractivity contribution in [3.63, 3.8) is 0 Å². The van der Waals surface area contributed by atoms with Crippen molar-refractivity contribution in [1.82, 2.24) is 20.0 Å². The van der Waals surface area contributed by atoms with Crippen molar-refractivity contribution in [2.75, 3.05) is 77.9 Å². The molecule has 0 saturated carbocycles. The first-order valence-corrected chi connectivity index (χ1v) is 22.1. The first-order valence-electron chi connectivity index (χ1n) is 22.1. The fourth-order valence-electron chi connectivity index (χ4n) is 8.67. The second kappa shape index (κ2) is 18.6. The summed E-state index contributed by atoms with van der Waals surface area (Å²) in [6, 6.07) is 22.3. The average Bonchev–Trinajstić information content (AvgIpc) is 3.91. The molecule has 3 amide bonds. The molecular formula is C50H54N8O7. The summed E-state index contributed by atoms with van der Waals surface area (Å²) < 4.78 is 23.7. The molecule has 0 aliphatic carbocycles. The van der Waals surface area contributed by atoms with Gasteiger partial charge in [0.25, 0.3) is 11.8 Å². The van der Waals surface area contributed by atoms with Crippen LogP contribution in [0.4, 0.5) is 22.7 Å². The summed E-state index contributed by atoms with van der Waals surface area (Å²) in [5, 5.41) is 5.84. The molecule has 2 N–H and O–H groups in total. The van der Waals surface area contributed by atoms with Gasteiger partial charge in [-0.15, -0.1) is 0 Å². The van der Waals surface area contributed by atoms with Crippen LogP contribution < -0.4 is 34.5 Å². The standard InChI is InChI=1S/C50H54N8O7/c1-31(51-2)48(59)54-36-11-7-32(8-12-36)34-21-38-27-52-42-25-46(44(62-4)23-40(42)49(60)57(38)29-34)64-19-6-20-65-47-26-43-41(24-45(47)63-5)50(61)58-30-35(22-39(58)28-53-43)33-9-13-37(14-10-33)56-17-15-55(3)16-18-56/h7-14,23-31,38-39,51H,6,15-22H2,1-5H3,(H,54,59)/t31-,38-,39?/m0/s1. The minimum atomic E-state index is -0.315. The number of piperazine rings is 1. The van der Waals surface area contributed by atoms with Crippen LogP contribution >= 0.6 is 0 Å². The van der Waals surface area contributed by atoms with Gasteiger partial charge in [-0.05, 0) is 79.7 Å². The number of nitrogens with zero attached hydrogens (tertiary/aromatic N) is 6. The quantitative estimate of drug-likeness (QED) is 0.130. The minimum Gasteiger partial charge on any atom is -0.493 e. The summed E-state index contributed by atoms with van der Waals surface area (Å²) in [6.07, 6.45) is 9.24. The number of fused-ring (bicyclic) bond motifs is 4. The van der Waals surface area contributed by atoms with Crippen molar-refractivity contribution < 1.29 is 33.3 Å². The molecule has 336 valence electrons. The molecular weight excluding hydrogens is 825 g/mol. The van der Waals surface area contributed by atoms with Gasteiger partial charge in [0.2, 0.25) is 5.91 Å². The molecule has 15 nitrogen and oxygen atoms in total. The maximum Gasteiger partial charge on any atom is 0.260 e. The van der Waals surface area contributed by atoms with Crippen LogP contribution in [0, 0.1) is 0 Å². The van der Waals surface area contributed by atoms with Crippen molar-refractivity contribution in [3.8, 4) is 23.0 Å². The summed E-state index contributed by atoms with van der Waals surface area (Å²) in [6.45, 7) is 6.51. The molecule has 5 aliphatic heterocycles. The normalized spacial score (nSPS) is 19.3. The van der Waals surface area contributed by atoms with Gasteiger partial charge in [-0.1, -0.05) is 24.3 Å². The highest BCUT2D eigenvalue weighted by atomic mass is 16.5. The highest BCUT2D eigenvalue weighted by Crippen LogP contribution is 2.42. The van der Waals surface area contributed by atoms with Crippen molar-refractivity contribution >= 4 is 64.0 Å². The molecule has 0 aromatic heterocycles. The Morgan fingerprint density at radius 1 is 0.708 bits per heavy atom. The molecule has 5 aliphatic rings. The molecule has 9 rings (SSSR count). The van der Waals surface area contributed by atoms with Crippen molar-refractivity contribution in [2.45, 2.75) is 44.3 Å². The number of aliphatic imine (C=N–C) groups is 2. The predicted molar refractivity (Wildman–Crippen MR) is 253 cm³/mol. The lowest BCUT2D eigenvalue weighted by atomic mass is 10.0.